The molecule has 0 radical (unpaired) electrons. The number of carbonyl (C=O) groups is 1. The summed E-state index contributed by atoms with van der Waals surface area (Å²) in [5, 5.41) is 0. The molecule has 4 nitrogen and oxygen atoms in total. The molecular weight excluding hydrogens is 170 g/mol. The third kappa shape index (κ3) is 2.19. The number of hydrogen-bond acceptors (Lipinski definition) is 4. The molecule has 0 unspecified atom stereocenters. The van der Waals surface area contributed by atoms with E-state index in [0.29, 0.717) is 0 Å². The van der Waals surface area contributed by atoms with Gasteiger partial charge in [-0.15, -0.1) is 0 Å². The van der Waals surface area contributed by atoms with E-state index in [0.717, 1.165) is 26.2 Å². The van der Waals surface area contributed by atoms with Crippen LogP contribution in [0.3, 0.4) is 0 Å². The third-order valence-corrected chi connectivity index (χ3v) is 2.43. The molecule has 76 valence electrons. The van der Waals surface area contributed by atoms with E-state index in [4.69, 9.17) is 9.47 Å². The van der Waals surface area contributed by atoms with Gasteiger partial charge in [0.05, 0.1) is 19.1 Å². The number of rotatable bonds is 4. The zero-order valence-electron chi connectivity index (χ0n) is 8.50. The molecule has 1 aliphatic heterocycles. The first kappa shape index (κ1) is 10.5. The Kier molecular flexibility index (Phi) is 3.27. The van der Waals surface area contributed by atoms with Gasteiger partial charge in [0.1, 0.15) is 0 Å². The second-order valence-corrected chi connectivity index (χ2v) is 3.76. The van der Waals surface area contributed by atoms with Crippen molar-refractivity contribution in [2.45, 2.75) is 6.92 Å². The lowest BCUT2D eigenvalue weighted by Crippen LogP contribution is -2.59. The molecule has 0 saturated carbocycles. The first-order valence-corrected chi connectivity index (χ1v) is 4.42. The highest BCUT2D eigenvalue weighted by atomic mass is 16.5. The molecule has 0 aromatic carbocycles. The summed E-state index contributed by atoms with van der Waals surface area (Å²) in [4.78, 5) is 13.4. The third-order valence-electron chi connectivity index (χ3n) is 2.43. The molecule has 4 heteroatoms. The quantitative estimate of drug-likeness (QED) is 0.586. The summed E-state index contributed by atoms with van der Waals surface area (Å²) in [6, 6.07) is 0. The van der Waals surface area contributed by atoms with Crippen molar-refractivity contribution in [3.8, 4) is 0 Å². The number of carbonyl (C=O) groups excluding carboxylic acids is 1. The van der Waals surface area contributed by atoms with Crippen molar-refractivity contribution in [1.82, 2.24) is 4.90 Å². The lowest BCUT2D eigenvalue weighted by Gasteiger charge is -2.45. The van der Waals surface area contributed by atoms with Crippen LogP contribution in [0.5, 0.6) is 0 Å². The molecule has 13 heavy (non-hydrogen) atoms. The van der Waals surface area contributed by atoms with Crippen LogP contribution in [0.15, 0.2) is 0 Å². The Hall–Kier alpha value is -0.610. The molecule has 0 spiro atoms. The van der Waals surface area contributed by atoms with Crippen molar-refractivity contribution < 1.29 is 14.3 Å². The highest BCUT2D eigenvalue weighted by molar-refractivity contribution is 5.78. The Labute approximate surface area is 78.8 Å². The van der Waals surface area contributed by atoms with Gasteiger partial charge < -0.3 is 9.47 Å². The second kappa shape index (κ2) is 4.07. The predicted octanol–water partition coefficient (Wildman–Crippen LogP) is 0.128. The van der Waals surface area contributed by atoms with E-state index >= 15 is 0 Å². The molecule has 0 aromatic rings. The van der Waals surface area contributed by atoms with Gasteiger partial charge in [-0.3, -0.25) is 9.69 Å². The van der Waals surface area contributed by atoms with Crippen LogP contribution in [0, 0.1) is 5.41 Å². The first-order chi connectivity index (χ1) is 6.12. The maximum atomic E-state index is 11.3. The topological polar surface area (TPSA) is 38.8 Å². The van der Waals surface area contributed by atoms with Crippen LogP contribution in [0.2, 0.25) is 0 Å². The van der Waals surface area contributed by atoms with Crippen molar-refractivity contribution >= 4 is 5.97 Å². The zero-order chi connectivity index (χ0) is 9.90. The molecule has 1 fully saturated rings. The summed E-state index contributed by atoms with van der Waals surface area (Å²) in [5.74, 6) is -0.110. The Morgan fingerprint density at radius 3 is 2.54 bits per heavy atom. The van der Waals surface area contributed by atoms with Crippen LogP contribution in [-0.4, -0.2) is 51.3 Å². The molecular formula is C9H17NO3. The number of methoxy groups -OCH3 is 2. The highest BCUT2D eigenvalue weighted by Gasteiger charge is 2.45. The number of esters is 1. The van der Waals surface area contributed by atoms with Gasteiger partial charge in [-0.1, -0.05) is 0 Å². The summed E-state index contributed by atoms with van der Waals surface area (Å²) in [7, 11) is 3.12. The second-order valence-electron chi connectivity index (χ2n) is 3.76. The molecule has 1 heterocycles. The van der Waals surface area contributed by atoms with Gasteiger partial charge in [0.15, 0.2) is 0 Å². The molecule has 0 bridgehead atoms. The van der Waals surface area contributed by atoms with Crippen molar-refractivity contribution in [3.05, 3.63) is 0 Å². The van der Waals surface area contributed by atoms with Gasteiger partial charge >= 0.3 is 5.97 Å². The van der Waals surface area contributed by atoms with E-state index in [9.17, 15) is 4.79 Å². The fourth-order valence-corrected chi connectivity index (χ4v) is 1.69. The molecule has 0 N–H and O–H groups in total. The number of ether oxygens (including phenoxy) is 2. The molecule has 0 aromatic heterocycles. The largest absolute Gasteiger partial charge is 0.469 e. The van der Waals surface area contributed by atoms with Gasteiger partial charge in [-0.05, 0) is 6.92 Å². The molecule has 0 atom stereocenters. The normalized spacial score (nSPS) is 20.8. The predicted molar refractivity (Wildman–Crippen MR) is 48.4 cm³/mol. The van der Waals surface area contributed by atoms with E-state index in [1.165, 1.54) is 7.11 Å². The molecule has 1 aliphatic rings. The van der Waals surface area contributed by atoms with Crippen molar-refractivity contribution in [2.75, 3.05) is 40.5 Å². The lowest BCUT2D eigenvalue weighted by molar-refractivity contribution is -0.162. The van der Waals surface area contributed by atoms with Crippen molar-refractivity contribution in [1.29, 1.82) is 0 Å². The standard InChI is InChI=1S/C9H17NO3/c1-9(8(11)13-3)6-10(7-9)4-5-12-2/h4-7H2,1-3H3. The summed E-state index contributed by atoms with van der Waals surface area (Å²) < 4.78 is 9.66. The van der Waals surface area contributed by atoms with Crippen LogP contribution in [0.1, 0.15) is 6.92 Å². The van der Waals surface area contributed by atoms with E-state index < -0.39 is 0 Å². The Morgan fingerprint density at radius 2 is 2.08 bits per heavy atom. The van der Waals surface area contributed by atoms with Gasteiger partial charge in [0, 0.05) is 26.7 Å². The Morgan fingerprint density at radius 1 is 1.46 bits per heavy atom. The lowest BCUT2D eigenvalue weighted by atomic mass is 9.82. The summed E-state index contributed by atoms with van der Waals surface area (Å²) >= 11 is 0. The maximum Gasteiger partial charge on any atom is 0.314 e. The van der Waals surface area contributed by atoms with Crippen LogP contribution in [0.4, 0.5) is 0 Å². The van der Waals surface area contributed by atoms with Gasteiger partial charge in [0.25, 0.3) is 0 Å². The Balaban J connectivity index is 2.26. The fourth-order valence-electron chi connectivity index (χ4n) is 1.69. The molecule has 0 amide bonds. The minimum absolute atomic E-state index is 0.110. The summed E-state index contributed by atoms with van der Waals surface area (Å²) in [5.41, 5.74) is -0.289. The number of nitrogens with zero attached hydrogens (tertiary/aromatic N) is 1. The zero-order valence-corrected chi connectivity index (χ0v) is 8.50. The van der Waals surface area contributed by atoms with Gasteiger partial charge in [-0.2, -0.15) is 0 Å². The van der Waals surface area contributed by atoms with E-state index in [-0.39, 0.29) is 11.4 Å². The SMILES string of the molecule is COCCN1CC(C)(C(=O)OC)C1. The molecule has 1 rings (SSSR count). The first-order valence-electron chi connectivity index (χ1n) is 4.42. The van der Waals surface area contributed by atoms with Crippen LogP contribution in [-0.2, 0) is 14.3 Å². The fraction of sp³-hybridized carbons (Fsp3) is 0.889. The average molecular weight is 187 g/mol. The number of likely N-dealkylation sites (tertiary alicyclic amines) is 1. The molecule has 1 saturated heterocycles. The van der Waals surface area contributed by atoms with E-state index in [2.05, 4.69) is 4.90 Å². The summed E-state index contributed by atoms with van der Waals surface area (Å²) in [6.07, 6.45) is 0. The average Bonchev–Trinajstić information content (AvgIpc) is 2.09. The van der Waals surface area contributed by atoms with Gasteiger partial charge in [-0.25, -0.2) is 0 Å². The maximum absolute atomic E-state index is 11.3. The monoisotopic (exact) mass is 187 g/mol. The summed E-state index contributed by atoms with van der Waals surface area (Å²) in [6.45, 7) is 5.11. The van der Waals surface area contributed by atoms with E-state index in [1.54, 1.807) is 7.11 Å². The van der Waals surface area contributed by atoms with Crippen molar-refractivity contribution in [2.24, 2.45) is 5.41 Å². The van der Waals surface area contributed by atoms with Crippen molar-refractivity contribution in [3.63, 3.8) is 0 Å². The Bertz CT molecular complexity index is 187. The van der Waals surface area contributed by atoms with Gasteiger partial charge in [0.2, 0.25) is 0 Å². The van der Waals surface area contributed by atoms with Crippen LogP contribution >= 0.6 is 0 Å². The highest BCUT2D eigenvalue weighted by Crippen LogP contribution is 2.30. The smallest absolute Gasteiger partial charge is 0.314 e. The minimum atomic E-state index is -0.289. The molecule has 0 aliphatic carbocycles. The van der Waals surface area contributed by atoms with E-state index in [1.807, 2.05) is 6.92 Å². The van der Waals surface area contributed by atoms with Crippen LogP contribution < -0.4 is 0 Å². The van der Waals surface area contributed by atoms with Crippen LogP contribution in [0.25, 0.3) is 0 Å². The minimum Gasteiger partial charge on any atom is -0.469 e. The number of hydrogen-bond donors (Lipinski definition) is 0.